The van der Waals surface area contributed by atoms with Crippen molar-refractivity contribution in [3.05, 3.63) is 36.5 Å². The molecule has 2 N–H and O–H groups in total. The van der Waals surface area contributed by atoms with Gasteiger partial charge in [-0.3, -0.25) is 4.79 Å². The van der Waals surface area contributed by atoms with Crippen molar-refractivity contribution in [1.29, 1.82) is 0 Å². The van der Waals surface area contributed by atoms with Gasteiger partial charge in [0.1, 0.15) is 0 Å². The predicted molar refractivity (Wildman–Crippen MR) is 93.0 cm³/mol. The van der Waals surface area contributed by atoms with E-state index in [1.165, 1.54) is 5.57 Å². The first-order valence-corrected chi connectivity index (χ1v) is 8.63. The van der Waals surface area contributed by atoms with E-state index in [0.717, 1.165) is 44.1 Å². The summed E-state index contributed by atoms with van der Waals surface area (Å²) in [5, 5.41) is 19.2. The number of hydrogen-bond donors (Lipinski definition) is 2. The molecule has 128 valence electrons. The maximum Gasteiger partial charge on any atom is 0.309 e. The van der Waals surface area contributed by atoms with Gasteiger partial charge in [0.2, 0.25) is 0 Å². The number of carboxylic acids is 1. The highest BCUT2D eigenvalue weighted by Crippen LogP contribution is 2.61. The zero-order valence-corrected chi connectivity index (χ0v) is 14.5. The molecule has 2 aliphatic carbocycles. The van der Waals surface area contributed by atoms with Crippen LogP contribution in [0.4, 0.5) is 0 Å². The highest BCUT2D eigenvalue weighted by atomic mass is 16.4. The minimum absolute atomic E-state index is 0.00429. The van der Waals surface area contributed by atoms with E-state index in [1.807, 2.05) is 13.0 Å². The number of aliphatic carboxylic acids is 1. The SMILES string of the molecule is C=C/C(=C/C[C@H]1C(=C)CC[C@@H]2[C@@]1(C)CCC[C@]2(C)C(=O)O)CO. The number of carboxylic acid groups (broad SMARTS) is 1. The number of carbonyl (C=O) groups is 1. The Morgan fingerprint density at radius 2 is 2.09 bits per heavy atom. The summed E-state index contributed by atoms with van der Waals surface area (Å²) in [5.41, 5.74) is 1.41. The first-order valence-electron chi connectivity index (χ1n) is 8.63. The number of rotatable bonds is 5. The summed E-state index contributed by atoms with van der Waals surface area (Å²) in [6, 6.07) is 0. The second-order valence-electron chi connectivity index (χ2n) is 7.76. The fourth-order valence-electron chi connectivity index (χ4n) is 5.12. The van der Waals surface area contributed by atoms with Crippen LogP contribution in [0.1, 0.15) is 52.4 Å². The second kappa shape index (κ2) is 6.64. The van der Waals surface area contributed by atoms with Gasteiger partial charge in [0.15, 0.2) is 0 Å². The van der Waals surface area contributed by atoms with Crippen LogP contribution in [-0.2, 0) is 4.79 Å². The molecule has 3 nitrogen and oxygen atoms in total. The molecule has 23 heavy (non-hydrogen) atoms. The molecule has 0 aromatic carbocycles. The second-order valence-corrected chi connectivity index (χ2v) is 7.76. The van der Waals surface area contributed by atoms with Crippen molar-refractivity contribution in [2.45, 2.75) is 52.4 Å². The summed E-state index contributed by atoms with van der Waals surface area (Å²) in [7, 11) is 0. The van der Waals surface area contributed by atoms with E-state index in [2.05, 4.69) is 20.1 Å². The van der Waals surface area contributed by atoms with Gasteiger partial charge in [-0.05, 0) is 61.9 Å². The van der Waals surface area contributed by atoms with E-state index in [-0.39, 0.29) is 23.9 Å². The molecule has 0 bridgehead atoms. The number of aliphatic hydroxyl groups excluding tert-OH is 1. The third-order valence-corrected chi connectivity index (χ3v) is 6.57. The Morgan fingerprint density at radius 3 is 2.65 bits per heavy atom. The van der Waals surface area contributed by atoms with E-state index < -0.39 is 11.4 Å². The minimum Gasteiger partial charge on any atom is -0.481 e. The molecule has 0 spiro atoms. The maximum atomic E-state index is 11.9. The minimum atomic E-state index is -0.655. The lowest BCUT2D eigenvalue weighted by Gasteiger charge is -2.57. The molecule has 0 aromatic rings. The lowest BCUT2D eigenvalue weighted by molar-refractivity contribution is -0.164. The van der Waals surface area contributed by atoms with Gasteiger partial charge < -0.3 is 10.2 Å². The zero-order valence-electron chi connectivity index (χ0n) is 14.5. The molecule has 2 fully saturated rings. The predicted octanol–water partition coefficient (Wildman–Crippen LogP) is 4.34. The summed E-state index contributed by atoms with van der Waals surface area (Å²) < 4.78 is 0. The average molecular weight is 318 g/mol. The maximum absolute atomic E-state index is 11.9. The van der Waals surface area contributed by atoms with Crippen molar-refractivity contribution in [3.63, 3.8) is 0 Å². The Kier molecular flexibility index (Phi) is 5.20. The Hall–Kier alpha value is -1.35. The molecule has 2 aliphatic rings. The highest BCUT2D eigenvalue weighted by molar-refractivity contribution is 5.75. The lowest BCUT2D eigenvalue weighted by Crippen LogP contribution is -2.53. The molecule has 0 aliphatic heterocycles. The smallest absolute Gasteiger partial charge is 0.309 e. The van der Waals surface area contributed by atoms with Crippen LogP contribution in [0.3, 0.4) is 0 Å². The molecule has 2 rings (SSSR count). The van der Waals surface area contributed by atoms with Crippen molar-refractivity contribution >= 4 is 5.97 Å². The van der Waals surface area contributed by atoms with E-state index >= 15 is 0 Å². The third kappa shape index (κ3) is 3.03. The van der Waals surface area contributed by atoms with Crippen molar-refractivity contribution in [2.24, 2.45) is 22.7 Å². The molecule has 0 heterocycles. The van der Waals surface area contributed by atoms with Crippen molar-refractivity contribution < 1.29 is 15.0 Å². The first kappa shape index (κ1) is 18.0. The van der Waals surface area contributed by atoms with Crippen molar-refractivity contribution in [2.75, 3.05) is 6.61 Å². The molecule has 2 saturated carbocycles. The lowest BCUT2D eigenvalue weighted by atomic mass is 9.46. The van der Waals surface area contributed by atoms with Crippen LogP contribution in [0.25, 0.3) is 0 Å². The normalized spacial score (nSPS) is 38.0. The van der Waals surface area contributed by atoms with Gasteiger partial charge in [-0.1, -0.05) is 44.2 Å². The van der Waals surface area contributed by atoms with Gasteiger partial charge in [-0.15, -0.1) is 0 Å². The van der Waals surface area contributed by atoms with Gasteiger partial charge in [0.05, 0.1) is 12.0 Å². The molecule has 0 amide bonds. The van der Waals surface area contributed by atoms with Crippen LogP contribution >= 0.6 is 0 Å². The van der Waals surface area contributed by atoms with Crippen LogP contribution in [0, 0.1) is 22.7 Å². The largest absolute Gasteiger partial charge is 0.481 e. The van der Waals surface area contributed by atoms with Gasteiger partial charge in [-0.25, -0.2) is 0 Å². The number of fused-ring (bicyclic) bond motifs is 1. The fraction of sp³-hybridized carbons (Fsp3) is 0.650. The molecule has 0 radical (unpaired) electrons. The summed E-state index contributed by atoms with van der Waals surface area (Å²) in [4.78, 5) is 11.9. The Labute approximate surface area is 139 Å². The highest BCUT2D eigenvalue weighted by Gasteiger charge is 2.57. The van der Waals surface area contributed by atoms with Gasteiger partial charge in [-0.2, -0.15) is 0 Å². The zero-order chi connectivity index (χ0) is 17.3. The van der Waals surface area contributed by atoms with Crippen molar-refractivity contribution in [1.82, 2.24) is 0 Å². The van der Waals surface area contributed by atoms with Gasteiger partial charge in [0.25, 0.3) is 0 Å². The number of aliphatic hydroxyl groups is 1. The molecule has 4 atom stereocenters. The fourth-order valence-corrected chi connectivity index (χ4v) is 5.12. The van der Waals surface area contributed by atoms with Gasteiger partial charge in [0, 0.05) is 0 Å². The topological polar surface area (TPSA) is 57.5 Å². The molecule has 0 unspecified atom stereocenters. The quantitative estimate of drug-likeness (QED) is 0.585. The molecule has 3 heteroatoms. The van der Waals surface area contributed by atoms with Crippen LogP contribution in [0.2, 0.25) is 0 Å². The monoisotopic (exact) mass is 318 g/mol. The standard InChI is InChI=1S/C20H30O3/c1-5-15(13-21)8-9-16-14(2)7-10-17-19(16,3)11-6-12-20(17,4)18(22)23/h5,8,16-17,21H,1-2,6-7,9-13H2,3-4H3,(H,22,23)/b15-8-/t16-,17+,19-,20-/m0/s1. The van der Waals surface area contributed by atoms with Crippen LogP contribution in [0.5, 0.6) is 0 Å². The van der Waals surface area contributed by atoms with E-state index in [1.54, 1.807) is 6.08 Å². The van der Waals surface area contributed by atoms with Crippen LogP contribution < -0.4 is 0 Å². The molecule has 0 aromatic heterocycles. The third-order valence-electron chi connectivity index (χ3n) is 6.57. The van der Waals surface area contributed by atoms with Crippen LogP contribution in [0.15, 0.2) is 36.5 Å². The summed E-state index contributed by atoms with van der Waals surface area (Å²) >= 11 is 0. The Balaban J connectivity index is 2.35. The summed E-state index contributed by atoms with van der Waals surface area (Å²) in [6.07, 6.45) is 9.15. The van der Waals surface area contributed by atoms with Crippen LogP contribution in [-0.4, -0.2) is 22.8 Å². The number of hydrogen-bond acceptors (Lipinski definition) is 2. The number of allylic oxidation sites excluding steroid dienone is 2. The Bertz CT molecular complexity index is 533. The average Bonchev–Trinajstić information content (AvgIpc) is 2.50. The molecular weight excluding hydrogens is 288 g/mol. The van der Waals surface area contributed by atoms with Crippen molar-refractivity contribution in [3.8, 4) is 0 Å². The first-order chi connectivity index (χ1) is 10.8. The Morgan fingerprint density at radius 1 is 1.39 bits per heavy atom. The summed E-state index contributed by atoms with van der Waals surface area (Å²) in [6.45, 7) is 12.2. The van der Waals surface area contributed by atoms with Gasteiger partial charge >= 0.3 is 5.97 Å². The molecular formula is C20H30O3. The summed E-state index contributed by atoms with van der Waals surface area (Å²) in [5.74, 6) is -0.189. The van der Waals surface area contributed by atoms with E-state index in [9.17, 15) is 15.0 Å². The molecule has 0 saturated heterocycles. The van der Waals surface area contributed by atoms with E-state index in [0.29, 0.717) is 0 Å². The van der Waals surface area contributed by atoms with E-state index in [4.69, 9.17) is 0 Å².